The third-order valence-electron chi connectivity index (χ3n) is 3.24. The second-order valence-electron chi connectivity index (χ2n) is 4.97. The van der Waals surface area contributed by atoms with Gasteiger partial charge in [-0.05, 0) is 30.2 Å². The van der Waals surface area contributed by atoms with Crippen LogP contribution in [0.2, 0.25) is 5.02 Å². The van der Waals surface area contributed by atoms with Crippen molar-refractivity contribution in [2.24, 2.45) is 0 Å². The smallest absolute Gasteiger partial charge is 0.230 e. The number of nitrogens with one attached hydrogen (secondary N) is 1. The summed E-state index contributed by atoms with van der Waals surface area (Å²) < 4.78 is 1.97. The molecule has 23 heavy (non-hydrogen) atoms. The van der Waals surface area contributed by atoms with Crippen molar-refractivity contribution in [3.63, 3.8) is 0 Å². The van der Waals surface area contributed by atoms with E-state index < -0.39 is 0 Å². The molecular weight excluding hydrogens is 348 g/mol. The lowest BCUT2D eigenvalue weighted by atomic mass is 10.1. The Hall–Kier alpha value is -1.56. The minimum Gasteiger partial charge on any atom is -0.355 e. The molecule has 0 aliphatic carbocycles. The summed E-state index contributed by atoms with van der Waals surface area (Å²) in [5.41, 5.74) is 2.11. The fraction of sp³-hybridized carbons (Fsp3) is 0.176. The normalized spacial score (nSPS) is 10.8. The number of aromatic nitrogens is 1. The molecule has 0 aliphatic rings. The summed E-state index contributed by atoms with van der Waals surface area (Å²) in [6.45, 7) is 0.652. The fourth-order valence-corrected chi connectivity index (χ4v) is 4.16. The first-order chi connectivity index (χ1) is 11.2. The summed E-state index contributed by atoms with van der Waals surface area (Å²) >= 11 is 9.00. The Morgan fingerprint density at radius 3 is 2.87 bits per heavy atom. The number of thiazole rings is 1. The second kappa shape index (κ2) is 7.81. The molecule has 0 fully saturated rings. The van der Waals surface area contributed by atoms with Crippen molar-refractivity contribution < 1.29 is 4.79 Å². The van der Waals surface area contributed by atoms with Gasteiger partial charge in [-0.2, -0.15) is 0 Å². The van der Waals surface area contributed by atoms with Crippen LogP contribution in [0.5, 0.6) is 0 Å². The monoisotopic (exact) mass is 362 g/mol. The molecule has 0 unspecified atom stereocenters. The van der Waals surface area contributed by atoms with Crippen LogP contribution in [0.1, 0.15) is 5.56 Å². The zero-order chi connectivity index (χ0) is 16.1. The van der Waals surface area contributed by atoms with Gasteiger partial charge in [0, 0.05) is 11.6 Å². The second-order valence-corrected chi connectivity index (χ2v) is 7.66. The first-order valence-electron chi connectivity index (χ1n) is 7.20. The van der Waals surface area contributed by atoms with E-state index in [9.17, 15) is 4.79 Å². The van der Waals surface area contributed by atoms with E-state index in [2.05, 4.69) is 22.4 Å². The lowest BCUT2D eigenvalue weighted by Gasteiger charge is -2.04. The Morgan fingerprint density at radius 1 is 1.22 bits per heavy atom. The van der Waals surface area contributed by atoms with E-state index in [-0.39, 0.29) is 5.91 Å². The van der Waals surface area contributed by atoms with Gasteiger partial charge in [0.1, 0.15) is 0 Å². The Morgan fingerprint density at radius 2 is 2.04 bits per heavy atom. The van der Waals surface area contributed by atoms with Crippen LogP contribution in [0.25, 0.3) is 10.2 Å². The molecular formula is C17H15ClN2OS2. The van der Waals surface area contributed by atoms with E-state index in [4.69, 9.17) is 11.6 Å². The van der Waals surface area contributed by atoms with Crippen molar-refractivity contribution in [2.45, 2.75) is 10.8 Å². The Bertz CT molecular complexity index is 805. The SMILES string of the molecule is O=C(CSc1nc2cc(Cl)ccc2s1)NCCc1ccccc1. The van der Waals surface area contributed by atoms with Crippen LogP contribution >= 0.6 is 34.7 Å². The molecule has 0 bridgehead atoms. The van der Waals surface area contributed by atoms with Gasteiger partial charge in [0.2, 0.25) is 5.91 Å². The number of rotatable bonds is 6. The molecule has 0 saturated carbocycles. The van der Waals surface area contributed by atoms with E-state index in [1.165, 1.54) is 17.3 Å². The van der Waals surface area contributed by atoms with Gasteiger partial charge in [-0.1, -0.05) is 53.7 Å². The van der Waals surface area contributed by atoms with Gasteiger partial charge in [0.15, 0.2) is 4.34 Å². The van der Waals surface area contributed by atoms with E-state index in [1.807, 2.05) is 36.4 Å². The molecule has 0 radical (unpaired) electrons. The Kier molecular flexibility index (Phi) is 5.54. The highest BCUT2D eigenvalue weighted by Crippen LogP contribution is 2.30. The molecule has 3 aromatic rings. The lowest BCUT2D eigenvalue weighted by Crippen LogP contribution is -2.27. The Balaban J connectivity index is 1.46. The first kappa shape index (κ1) is 16.3. The molecule has 1 heterocycles. The average molecular weight is 363 g/mol. The molecule has 3 nitrogen and oxygen atoms in total. The minimum atomic E-state index is 0.0308. The Labute approximate surface area is 148 Å². The highest BCUT2D eigenvalue weighted by Gasteiger charge is 2.08. The summed E-state index contributed by atoms with van der Waals surface area (Å²) in [5, 5.41) is 3.62. The number of thioether (sulfide) groups is 1. The highest BCUT2D eigenvalue weighted by molar-refractivity contribution is 8.01. The number of carbonyl (C=O) groups excluding carboxylic acids is 1. The molecule has 2 aromatic carbocycles. The highest BCUT2D eigenvalue weighted by atomic mass is 35.5. The number of benzene rings is 2. The quantitative estimate of drug-likeness (QED) is 0.661. The zero-order valence-corrected chi connectivity index (χ0v) is 14.7. The molecule has 1 aromatic heterocycles. The molecule has 3 rings (SSSR count). The van der Waals surface area contributed by atoms with Crippen LogP contribution < -0.4 is 5.32 Å². The number of nitrogens with zero attached hydrogens (tertiary/aromatic N) is 1. The van der Waals surface area contributed by atoms with Gasteiger partial charge in [-0.25, -0.2) is 4.98 Å². The standard InChI is InChI=1S/C17H15ClN2OS2/c18-13-6-7-15-14(10-13)20-17(23-15)22-11-16(21)19-9-8-12-4-2-1-3-5-12/h1-7,10H,8-9,11H2,(H,19,21). The van der Waals surface area contributed by atoms with Crippen molar-refractivity contribution in [1.82, 2.24) is 10.3 Å². The van der Waals surface area contributed by atoms with Crippen molar-refractivity contribution in [3.8, 4) is 0 Å². The number of hydrogen-bond acceptors (Lipinski definition) is 4. The molecule has 0 spiro atoms. The molecule has 0 atom stereocenters. The van der Waals surface area contributed by atoms with Crippen LogP contribution in [0, 0.1) is 0 Å². The average Bonchev–Trinajstić information content (AvgIpc) is 2.96. The zero-order valence-electron chi connectivity index (χ0n) is 12.3. The first-order valence-corrected chi connectivity index (χ1v) is 9.38. The third kappa shape index (κ3) is 4.70. The van der Waals surface area contributed by atoms with Gasteiger partial charge < -0.3 is 5.32 Å². The number of amides is 1. The fourth-order valence-electron chi connectivity index (χ4n) is 2.11. The summed E-state index contributed by atoms with van der Waals surface area (Å²) in [6.07, 6.45) is 0.844. The third-order valence-corrected chi connectivity index (χ3v) is 5.65. The molecule has 118 valence electrons. The summed E-state index contributed by atoms with van der Waals surface area (Å²) in [7, 11) is 0. The maximum Gasteiger partial charge on any atom is 0.230 e. The van der Waals surface area contributed by atoms with Gasteiger partial charge in [0.05, 0.1) is 16.0 Å². The molecule has 6 heteroatoms. The van der Waals surface area contributed by atoms with Crippen LogP contribution in [-0.4, -0.2) is 23.2 Å². The van der Waals surface area contributed by atoms with Crippen LogP contribution in [0.4, 0.5) is 0 Å². The predicted molar refractivity (Wildman–Crippen MR) is 98.5 cm³/mol. The molecule has 0 aliphatic heterocycles. The van der Waals surface area contributed by atoms with Gasteiger partial charge >= 0.3 is 0 Å². The summed E-state index contributed by atoms with van der Waals surface area (Å²) in [6, 6.07) is 15.8. The maximum atomic E-state index is 11.9. The lowest BCUT2D eigenvalue weighted by molar-refractivity contribution is -0.118. The summed E-state index contributed by atoms with van der Waals surface area (Å²) in [4.78, 5) is 16.4. The van der Waals surface area contributed by atoms with Crippen LogP contribution in [0.15, 0.2) is 52.9 Å². The predicted octanol–water partition coefficient (Wildman–Crippen LogP) is 4.40. The van der Waals surface area contributed by atoms with E-state index in [1.54, 1.807) is 11.3 Å². The van der Waals surface area contributed by atoms with Gasteiger partial charge in [-0.15, -0.1) is 11.3 Å². The van der Waals surface area contributed by atoms with Crippen LogP contribution in [0.3, 0.4) is 0 Å². The van der Waals surface area contributed by atoms with Gasteiger partial charge in [0.25, 0.3) is 0 Å². The van der Waals surface area contributed by atoms with Crippen molar-refractivity contribution in [2.75, 3.05) is 12.3 Å². The molecule has 1 amide bonds. The van der Waals surface area contributed by atoms with E-state index >= 15 is 0 Å². The molecule has 1 N–H and O–H groups in total. The van der Waals surface area contributed by atoms with Gasteiger partial charge in [-0.3, -0.25) is 4.79 Å². The minimum absolute atomic E-state index is 0.0308. The van der Waals surface area contributed by atoms with Crippen LogP contribution in [-0.2, 0) is 11.2 Å². The number of halogens is 1. The topological polar surface area (TPSA) is 42.0 Å². The molecule has 0 saturated heterocycles. The number of carbonyl (C=O) groups is 1. The van der Waals surface area contributed by atoms with Crippen molar-refractivity contribution >= 4 is 50.8 Å². The maximum absolute atomic E-state index is 11.9. The van der Waals surface area contributed by atoms with Crippen molar-refractivity contribution in [1.29, 1.82) is 0 Å². The van der Waals surface area contributed by atoms with E-state index in [0.29, 0.717) is 17.3 Å². The largest absolute Gasteiger partial charge is 0.355 e. The van der Waals surface area contributed by atoms with E-state index in [0.717, 1.165) is 21.0 Å². The number of fused-ring (bicyclic) bond motifs is 1. The van der Waals surface area contributed by atoms with Crippen molar-refractivity contribution in [3.05, 3.63) is 59.1 Å². The summed E-state index contributed by atoms with van der Waals surface area (Å²) in [5.74, 6) is 0.408. The number of hydrogen-bond donors (Lipinski definition) is 1.